The summed E-state index contributed by atoms with van der Waals surface area (Å²) in [4.78, 5) is 11.1. The van der Waals surface area contributed by atoms with Gasteiger partial charge in [-0.2, -0.15) is 0 Å². The molecule has 1 heterocycles. The summed E-state index contributed by atoms with van der Waals surface area (Å²) in [7, 11) is 0. The van der Waals surface area contributed by atoms with E-state index in [0.29, 0.717) is 19.0 Å². The predicted octanol–water partition coefficient (Wildman–Crippen LogP) is 4.09. The van der Waals surface area contributed by atoms with Gasteiger partial charge in [0.25, 0.3) is 0 Å². The van der Waals surface area contributed by atoms with Gasteiger partial charge in [-0.05, 0) is 40.6 Å². The Balaban J connectivity index is 1.29. The van der Waals surface area contributed by atoms with Crippen molar-refractivity contribution < 1.29 is 19.4 Å². The summed E-state index contributed by atoms with van der Waals surface area (Å²) in [6, 6.07) is 21.4. The van der Waals surface area contributed by atoms with E-state index < -0.39 is 12.0 Å². The van der Waals surface area contributed by atoms with E-state index in [2.05, 4.69) is 17.4 Å². The SMILES string of the molecule is O=C(O)C1CSC(c2cccc(OCCOc3ccc4ccccc4c3)c2)N1. The molecule has 2 atom stereocenters. The van der Waals surface area contributed by atoms with Crippen LogP contribution in [0.3, 0.4) is 0 Å². The maximum atomic E-state index is 11.1. The Bertz CT molecular complexity index is 977. The molecular weight excluding hydrogens is 374 g/mol. The number of carboxylic acids is 1. The molecule has 0 bridgehead atoms. The van der Waals surface area contributed by atoms with Crippen LogP contribution in [0.2, 0.25) is 0 Å². The molecule has 0 radical (unpaired) electrons. The van der Waals surface area contributed by atoms with E-state index in [1.165, 1.54) is 5.39 Å². The van der Waals surface area contributed by atoms with Crippen LogP contribution in [-0.4, -0.2) is 36.1 Å². The number of nitrogens with one attached hydrogen (secondary N) is 1. The first-order valence-corrected chi connectivity index (χ1v) is 10.2. The number of hydrogen-bond acceptors (Lipinski definition) is 5. The van der Waals surface area contributed by atoms with E-state index in [4.69, 9.17) is 14.6 Å². The van der Waals surface area contributed by atoms with E-state index in [0.717, 1.165) is 22.4 Å². The number of aliphatic carboxylic acids is 1. The quantitative estimate of drug-likeness (QED) is 0.588. The van der Waals surface area contributed by atoms with Crippen LogP contribution in [0.4, 0.5) is 0 Å². The van der Waals surface area contributed by atoms with Crippen molar-refractivity contribution >= 4 is 28.5 Å². The smallest absolute Gasteiger partial charge is 0.321 e. The zero-order chi connectivity index (χ0) is 19.3. The van der Waals surface area contributed by atoms with Crippen LogP contribution in [0.25, 0.3) is 10.8 Å². The molecule has 0 spiro atoms. The summed E-state index contributed by atoms with van der Waals surface area (Å²) in [6.45, 7) is 0.874. The monoisotopic (exact) mass is 395 g/mol. The summed E-state index contributed by atoms with van der Waals surface area (Å²) in [5.74, 6) is 1.32. The maximum absolute atomic E-state index is 11.1. The second-order valence-electron chi connectivity index (χ2n) is 6.55. The van der Waals surface area contributed by atoms with E-state index >= 15 is 0 Å². The van der Waals surface area contributed by atoms with Gasteiger partial charge in [0.1, 0.15) is 30.8 Å². The third-order valence-corrected chi connectivity index (χ3v) is 5.85. The largest absolute Gasteiger partial charge is 0.490 e. The molecule has 1 saturated heterocycles. The highest BCUT2D eigenvalue weighted by molar-refractivity contribution is 7.99. The zero-order valence-corrected chi connectivity index (χ0v) is 16.0. The second kappa shape index (κ2) is 8.54. The molecule has 144 valence electrons. The average Bonchev–Trinajstić information content (AvgIpc) is 3.22. The van der Waals surface area contributed by atoms with Gasteiger partial charge < -0.3 is 14.6 Å². The van der Waals surface area contributed by atoms with Gasteiger partial charge in [-0.1, -0.05) is 42.5 Å². The van der Waals surface area contributed by atoms with Crippen molar-refractivity contribution in [2.75, 3.05) is 19.0 Å². The first-order valence-electron chi connectivity index (χ1n) is 9.14. The highest BCUT2D eigenvalue weighted by Gasteiger charge is 2.30. The Hall–Kier alpha value is -2.70. The fourth-order valence-corrected chi connectivity index (χ4v) is 4.37. The van der Waals surface area contributed by atoms with Crippen molar-refractivity contribution in [2.24, 2.45) is 0 Å². The summed E-state index contributed by atoms with van der Waals surface area (Å²) in [6.07, 6.45) is 0. The van der Waals surface area contributed by atoms with Gasteiger partial charge >= 0.3 is 5.97 Å². The van der Waals surface area contributed by atoms with Crippen LogP contribution in [0.5, 0.6) is 11.5 Å². The predicted molar refractivity (Wildman–Crippen MR) is 111 cm³/mol. The number of fused-ring (bicyclic) bond motifs is 1. The molecule has 5 nitrogen and oxygen atoms in total. The molecule has 0 saturated carbocycles. The molecular formula is C22H21NO4S. The van der Waals surface area contributed by atoms with E-state index in [1.807, 2.05) is 54.6 Å². The average molecular weight is 395 g/mol. The molecule has 0 aromatic heterocycles. The summed E-state index contributed by atoms with van der Waals surface area (Å²) in [5, 5.41) is 14.5. The third kappa shape index (κ3) is 4.40. The molecule has 0 aliphatic carbocycles. The van der Waals surface area contributed by atoms with Crippen LogP contribution in [0.15, 0.2) is 66.7 Å². The van der Waals surface area contributed by atoms with E-state index in [1.54, 1.807) is 11.8 Å². The molecule has 3 aromatic rings. The van der Waals surface area contributed by atoms with Crippen LogP contribution >= 0.6 is 11.8 Å². The van der Waals surface area contributed by atoms with Crippen LogP contribution < -0.4 is 14.8 Å². The number of rotatable bonds is 7. The Kier molecular flexibility index (Phi) is 5.69. The molecule has 1 aliphatic rings. The van der Waals surface area contributed by atoms with Gasteiger partial charge in [-0.3, -0.25) is 10.1 Å². The number of benzene rings is 3. The van der Waals surface area contributed by atoms with E-state index in [9.17, 15) is 4.79 Å². The highest BCUT2D eigenvalue weighted by atomic mass is 32.2. The molecule has 3 aromatic carbocycles. The Morgan fingerprint density at radius 1 is 0.964 bits per heavy atom. The topological polar surface area (TPSA) is 67.8 Å². The first kappa shape index (κ1) is 18.7. The normalized spacial score (nSPS) is 18.9. The lowest BCUT2D eigenvalue weighted by atomic mass is 10.1. The number of ether oxygens (including phenoxy) is 2. The first-order chi connectivity index (χ1) is 13.7. The summed E-state index contributed by atoms with van der Waals surface area (Å²) in [5.41, 5.74) is 1.02. The minimum Gasteiger partial charge on any atom is -0.490 e. The van der Waals surface area contributed by atoms with Crippen molar-refractivity contribution in [3.05, 3.63) is 72.3 Å². The lowest BCUT2D eigenvalue weighted by molar-refractivity contribution is -0.138. The minimum absolute atomic E-state index is 0.0292. The second-order valence-corrected chi connectivity index (χ2v) is 7.69. The van der Waals surface area contributed by atoms with Crippen LogP contribution in [0, 0.1) is 0 Å². The Labute approximate surface area is 167 Å². The van der Waals surface area contributed by atoms with Crippen molar-refractivity contribution in [1.29, 1.82) is 0 Å². The molecule has 0 amide bonds. The minimum atomic E-state index is -0.812. The molecule has 4 rings (SSSR count). The van der Waals surface area contributed by atoms with Crippen LogP contribution in [-0.2, 0) is 4.79 Å². The number of carbonyl (C=O) groups is 1. The molecule has 6 heteroatoms. The van der Waals surface area contributed by atoms with E-state index in [-0.39, 0.29) is 5.37 Å². The summed E-state index contributed by atoms with van der Waals surface area (Å²) < 4.78 is 11.6. The van der Waals surface area contributed by atoms with Gasteiger partial charge in [0.15, 0.2) is 0 Å². The number of hydrogen-bond donors (Lipinski definition) is 2. The lowest BCUT2D eigenvalue weighted by Gasteiger charge is -2.13. The van der Waals surface area contributed by atoms with Crippen molar-refractivity contribution in [3.8, 4) is 11.5 Å². The van der Waals surface area contributed by atoms with Crippen molar-refractivity contribution in [2.45, 2.75) is 11.4 Å². The van der Waals surface area contributed by atoms with Crippen molar-refractivity contribution in [1.82, 2.24) is 5.32 Å². The number of thioether (sulfide) groups is 1. The van der Waals surface area contributed by atoms with Gasteiger partial charge in [0.2, 0.25) is 0 Å². The van der Waals surface area contributed by atoms with Gasteiger partial charge in [-0.25, -0.2) is 0 Å². The molecule has 28 heavy (non-hydrogen) atoms. The molecule has 1 aliphatic heterocycles. The third-order valence-electron chi connectivity index (χ3n) is 4.58. The zero-order valence-electron chi connectivity index (χ0n) is 15.2. The number of carboxylic acid groups (broad SMARTS) is 1. The standard InChI is InChI=1S/C22H21NO4S/c24-22(25)20-14-28-21(23-20)17-6-3-7-18(13-17)26-10-11-27-19-9-8-15-4-1-2-5-16(15)12-19/h1-9,12-13,20-21,23H,10-11,14H2,(H,24,25). The van der Waals surface area contributed by atoms with Crippen LogP contribution in [0.1, 0.15) is 10.9 Å². The maximum Gasteiger partial charge on any atom is 0.321 e. The Morgan fingerprint density at radius 2 is 1.71 bits per heavy atom. The fourth-order valence-electron chi connectivity index (χ4n) is 3.15. The lowest BCUT2D eigenvalue weighted by Crippen LogP contribution is -2.33. The molecule has 2 unspecified atom stereocenters. The molecule has 1 fully saturated rings. The van der Waals surface area contributed by atoms with Gasteiger partial charge in [0.05, 0.1) is 5.37 Å². The van der Waals surface area contributed by atoms with Gasteiger partial charge in [0, 0.05) is 5.75 Å². The fraction of sp³-hybridized carbons (Fsp3) is 0.227. The Morgan fingerprint density at radius 3 is 2.46 bits per heavy atom. The molecule has 2 N–H and O–H groups in total. The highest BCUT2D eigenvalue weighted by Crippen LogP contribution is 2.34. The van der Waals surface area contributed by atoms with Gasteiger partial charge in [-0.15, -0.1) is 11.8 Å². The summed E-state index contributed by atoms with van der Waals surface area (Å²) >= 11 is 1.59. The van der Waals surface area contributed by atoms with Crippen molar-refractivity contribution in [3.63, 3.8) is 0 Å².